The van der Waals surface area contributed by atoms with Crippen LogP contribution < -0.4 is 9.80 Å². The van der Waals surface area contributed by atoms with Crippen LogP contribution in [0.5, 0.6) is 0 Å². The lowest BCUT2D eigenvalue weighted by molar-refractivity contribution is -0.149. The van der Waals surface area contributed by atoms with E-state index in [2.05, 4.69) is 4.90 Å². The van der Waals surface area contributed by atoms with Crippen molar-refractivity contribution in [2.45, 2.75) is 50.7 Å². The van der Waals surface area contributed by atoms with Crippen molar-refractivity contribution in [3.8, 4) is 0 Å². The number of esters is 1. The van der Waals surface area contributed by atoms with Gasteiger partial charge in [-0.25, -0.2) is 9.97 Å². The second-order valence-electron chi connectivity index (χ2n) is 11.4. The first kappa shape index (κ1) is 32.6. The number of hydrogen-bond acceptors (Lipinski definition) is 8. The molecule has 0 aliphatic carbocycles. The Labute approximate surface area is 266 Å². The maximum Gasteiger partial charge on any atom is 0.416 e. The number of benzene rings is 2. The standard InChI is InChI=1S/C33H38F3N5O3S/c1-4-44-31(43)26-10-7-13-41(20-26)30(42)25-9-5-8-24(18-25)21-45-32-37-23(3)22(2)29(38-32)40-16-14-39(15-17-40)28-12-6-11-27(19-28)33(34,35)36/h5-6,8-9,11-12,18-19,26H,4,7,10,13-17,20-21H2,1-3H3/t26-/m1/s1. The molecule has 2 aliphatic heterocycles. The number of likely N-dealkylation sites (tertiary alicyclic amines) is 1. The third-order valence-electron chi connectivity index (χ3n) is 8.33. The quantitative estimate of drug-likeness (QED) is 0.165. The molecule has 0 spiro atoms. The van der Waals surface area contributed by atoms with Gasteiger partial charge < -0.3 is 19.4 Å². The fourth-order valence-corrected chi connectivity index (χ4v) is 6.58. The largest absolute Gasteiger partial charge is 0.466 e. The lowest BCUT2D eigenvalue weighted by Crippen LogP contribution is -2.47. The monoisotopic (exact) mass is 641 g/mol. The second kappa shape index (κ2) is 14.1. The molecule has 0 N–H and O–H groups in total. The molecule has 5 rings (SSSR count). The number of alkyl halides is 3. The number of amides is 1. The molecule has 1 amide bonds. The van der Waals surface area contributed by atoms with Gasteiger partial charge in [0.2, 0.25) is 0 Å². The fraction of sp³-hybridized carbons (Fsp3) is 0.455. The van der Waals surface area contributed by atoms with Crippen molar-refractivity contribution in [2.75, 3.05) is 55.7 Å². The van der Waals surface area contributed by atoms with Crippen molar-refractivity contribution in [1.82, 2.24) is 14.9 Å². The van der Waals surface area contributed by atoms with Gasteiger partial charge in [0.15, 0.2) is 5.16 Å². The number of hydrogen-bond donors (Lipinski definition) is 0. The minimum absolute atomic E-state index is 0.0927. The Morgan fingerprint density at radius 2 is 1.71 bits per heavy atom. The molecular weight excluding hydrogens is 603 g/mol. The van der Waals surface area contributed by atoms with Crippen molar-refractivity contribution in [3.63, 3.8) is 0 Å². The molecule has 45 heavy (non-hydrogen) atoms. The van der Waals surface area contributed by atoms with Gasteiger partial charge in [0, 0.05) is 67.5 Å². The summed E-state index contributed by atoms with van der Waals surface area (Å²) in [6.45, 7) is 9.41. The van der Waals surface area contributed by atoms with Gasteiger partial charge in [-0.3, -0.25) is 9.59 Å². The Balaban J connectivity index is 1.22. The first-order valence-electron chi connectivity index (χ1n) is 15.2. The smallest absolute Gasteiger partial charge is 0.416 e. The van der Waals surface area contributed by atoms with Gasteiger partial charge in [-0.15, -0.1) is 0 Å². The maximum atomic E-state index is 13.3. The minimum Gasteiger partial charge on any atom is -0.466 e. The highest BCUT2D eigenvalue weighted by Gasteiger charge is 2.32. The number of carbonyl (C=O) groups excluding carboxylic acids is 2. The van der Waals surface area contributed by atoms with Crippen molar-refractivity contribution in [2.24, 2.45) is 5.92 Å². The molecule has 8 nitrogen and oxygen atoms in total. The molecule has 3 heterocycles. The predicted molar refractivity (Wildman–Crippen MR) is 169 cm³/mol. The summed E-state index contributed by atoms with van der Waals surface area (Å²) in [4.78, 5) is 41.0. The van der Waals surface area contributed by atoms with Crippen LogP contribution in [0.4, 0.5) is 24.7 Å². The zero-order valence-electron chi connectivity index (χ0n) is 25.8. The predicted octanol–water partition coefficient (Wildman–Crippen LogP) is 6.15. The summed E-state index contributed by atoms with van der Waals surface area (Å²) in [6.07, 6.45) is -2.89. The van der Waals surface area contributed by atoms with Crippen LogP contribution in [-0.2, 0) is 21.5 Å². The summed E-state index contributed by atoms with van der Waals surface area (Å²) < 4.78 is 44.9. The van der Waals surface area contributed by atoms with Crippen LogP contribution in [0.25, 0.3) is 0 Å². The van der Waals surface area contributed by atoms with E-state index in [0.717, 1.165) is 41.5 Å². The number of carbonyl (C=O) groups is 2. The van der Waals surface area contributed by atoms with E-state index >= 15 is 0 Å². The molecule has 12 heteroatoms. The summed E-state index contributed by atoms with van der Waals surface area (Å²) in [5.74, 6) is 0.771. The molecule has 2 saturated heterocycles. The van der Waals surface area contributed by atoms with E-state index in [1.807, 2.05) is 36.9 Å². The zero-order valence-corrected chi connectivity index (χ0v) is 26.6. The average Bonchev–Trinajstić information content (AvgIpc) is 3.05. The first-order chi connectivity index (χ1) is 21.5. The molecule has 0 radical (unpaired) electrons. The van der Waals surface area contributed by atoms with Crippen molar-refractivity contribution in [1.29, 1.82) is 0 Å². The highest BCUT2D eigenvalue weighted by atomic mass is 32.2. The fourth-order valence-electron chi connectivity index (χ4n) is 5.76. The number of ether oxygens (including phenoxy) is 1. The number of nitrogens with zero attached hydrogens (tertiary/aromatic N) is 5. The van der Waals surface area contributed by atoms with E-state index < -0.39 is 11.7 Å². The first-order valence-corrected chi connectivity index (χ1v) is 16.2. The Bertz CT molecular complexity index is 1530. The normalized spacial score (nSPS) is 17.4. The maximum absolute atomic E-state index is 13.3. The zero-order chi connectivity index (χ0) is 32.1. The highest BCUT2D eigenvalue weighted by molar-refractivity contribution is 7.98. The van der Waals surface area contributed by atoms with Crippen molar-refractivity contribution < 1.29 is 27.5 Å². The van der Waals surface area contributed by atoms with E-state index in [-0.39, 0.29) is 17.8 Å². The molecule has 0 bridgehead atoms. The molecule has 2 fully saturated rings. The van der Waals surface area contributed by atoms with Gasteiger partial charge >= 0.3 is 12.1 Å². The van der Waals surface area contributed by atoms with E-state index in [1.54, 1.807) is 24.0 Å². The number of halogens is 3. The summed E-state index contributed by atoms with van der Waals surface area (Å²) in [5.41, 5.74) is 3.31. The number of anilines is 2. The molecule has 2 aliphatic rings. The molecule has 0 unspecified atom stereocenters. The summed E-state index contributed by atoms with van der Waals surface area (Å²) in [6, 6.07) is 13.0. The number of aromatic nitrogens is 2. The molecular formula is C33H38F3N5O3S. The highest BCUT2D eigenvalue weighted by Crippen LogP contribution is 2.33. The second-order valence-corrected chi connectivity index (χ2v) is 12.3. The number of thioether (sulfide) groups is 1. The summed E-state index contributed by atoms with van der Waals surface area (Å²) >= 11 is 1.49. The van der Waals surface area contributed by atoms with Crippen molar-refractivity contribution in [3.05, 3.63) is 76.5 Å². The van der Waals surface area contributed by atoms with E-state index in [9.17, 15) is 22.8 Å². The Kier molecular flexibility index (Phi) is 10.2. The van der Waals surface area contributed by atoms with Crippen LogP contribution >= 0.6 is 11.8 Å². The molecule has 2 aromatic carbocycles. The Hall–Kier alpha value is -3.80. The van der Waals surface area contributed by atoms with Crippen LogP contribution in [0.15, 0.2) is 53.7 Å². The van der Waals surface area contributed by atoms with Crippen LogP contribution in [-0.4, -0.2) is 72.6 Å². The molecule has 240 valence electrons. The minimum atomic E-state index is -4.37. The number of piperazine rings is 1. The molecule has 1 aromatic heterocycles. The number of aryl methyl sites for hydroxylation is 1. The van der Waals surface area contributed by atoms with Crippen LogP contribution in [0.1, 0.15) is 52.5 Å². The van der Waals surface area contributed by atoms with Gasteiger partial charge in [0.25, 0.3) is 5.91 Å². The number of piperidine rings is 1. The number of rotatable bonds is 8. The van der Waals surface area contributed by atoms with Gasteiger partial charge in [-0.1, -0.05) is 30.0 Å². The Morgan fingerprint density at radius 1 is 0.978 bits per heavy atom. The summed E-state index contributed by atoms with van der Waals surface area (Å²) in [5, 5.41) is 0.624. The van der Waals surface area contributed by atoms with Gasteiger partial charge in [0.05, 0.1) is 18.1 Å². The van der Waals surface area contributed by atoms with Crippen LogP contribution in [0.3, 0.4) is 0 Å². The molecule has 1 atom stereocenters. The summed E-state index contributed by atoms with van der Waals surface area (Å²) in [7, 11) is 0. The lowest BCUT2D eigenvalue weighted by atomic mass is 9.97. The Morgan fingerprint density at radius 3 is 2.44 bits per heavy atom. The van der Waals surface area contributed by atoms with Crippen molar-refractivity contribution >= 4 is 35.1 Å². The van der Waals surface area contributed by atoms with E-state index in [4.69, 9.17) is 14.7 Å². The van der Waals surface area contributed by atoms with Crippen LogP contribution in [0.2, 0.25) is 0 Å². The average molecular weight is 642 g/mol. The third kappa shape index (κ3) is 7.89. The third-order valence-corrected chi connectivity index (χ3v) is 9.25. The topological polar surface area (TPSA) is 78.9 Å². The van der Waals surface area contributed by atoms with Gasteiger partial charge in [0.1, 0.15) is 5.82 Å². The molecule has 0 saturated carbocycles. The SMILES string of the molecule is CCOC(=O)[C@@H]1CCCN(C(=O)c2cccc(CSc3nc(C)c(C)c(N4CCN(c5cccc(C(F)(F)F)c5)CC4)n3)c2)C1. The van der Waals surface area contributed by atoms with E-state index in [0.29, 0.717) is 68.0 Å². The lowest BCUT2D eigenvalue weighted by Gasteiger charge is -2.37. The van der Waals surface area contributed by atoms with Crippen LogP contribution in [0, 0.1) is 19.8 Å². The van der Waals surface area contributed by atoms with E-state index in [1.165, 1.54) is 23.9 Å². The van der Waals surface area contributed by atoms with Gasteiger partial charge in [-0.05, 0) is 69.5 Å². The van der Waals surface area contributed by atoms with Gasteiger partial charge in [-0.2, -0.15) is 13.2 Å². The molecule has 3 aromatic rings.